The van der Waals surface area contributed by atoms with Crippen molar-refractivity contribution in [3.05, 3.63) is 28.9 Å². The summed E-state index contributed by atoms with van der Waals surface area (Å²) in [5.41, 5.74) is 1.47. The van der Waals surface area contributed by atoms with Crippen LogP contribution in [-0.4, -0.2) is 10.1 Å². The van der Waals surface area contributed by atoms with Gasteiger partial charge in [0.15, 0.2) is 0 Å². The SMILES string of the molecule is N#CCc1c[nH]c2c(O)cc(Cl)cc12. The molecule has 0 aliphatic heterocycles. The highest BCUT2D eigenvalue weighted by Crippen LogP contribution is 2.30. The molecular weight excluding hydrogens is 200 g/mol. The maximum atomic E-state index is 9.53. The number of benzene rings is 1. The van der Waals surface area contributed by atoms with Gasteiger partial charge in [0.05, 0.1) is 18.0 Å². The number of halogens is 1. The number of H-pyrrole nitrogens is 1. The monoisotopic (exact) mass is 206 g/mol. The topological polar surface area (TPSA) is 59.8 Å². The zero-order chi connectivity index (χ0) is 10.1. The van der Waals surface area contributed by atoms with Crippen LogP contribution in [-0.2, 0) is 6.42 Å². The number of aromatic amines is 1. The van der Waals surface area contributed by atoms with Gasteiger partial charge in [-0.3, -0.25) is 0 Å². The maximum Gasteiger partial charge on any atom is 0.141 e. The van der Waals surface area contributed by atoms with Gasteiger partial charge in [0, 0.05) is 22.7 Å². The van der Waals surface area contributed by atoms with Gasteiger partial charge < -0.3 is 10.1 Å². The second-order valence-electron chi connectivity index (χ2n) is 3.00. The second-order valence-corrected chi connectivity index (χ2v) is 3.43. The highest BCUT2D eigenvalue weighted by molar-refractivity contribution is 6.31. The lowest BCUT2D eigenvalue weighted by atomic mass is 10.1. The Bertz CT molecular complexity index is 525. The molecule has 0 aliphatic rings. The van der Waals surface area contributed by atoms with Gasteiger partial charge in [-0.1, -0.05) is 11.6 Å². The minimum absolute atomic E-state index is 0.108. The van der Waals surface area contributed by atoms with E-state index in [1.165, 1.54) is 6.07 Å². The third-order valence-corrected chi connectivity index (χ3v) is 2.31. The molecule has 0 radical (unpaired) electrons. The molecule has 14 heavy (non-hydrogen) atoms. The number of aromatic nitrogens is 1. The van der Waals surface area contributed by atoms with E-state index in [9.17, 15) is 5.11 Å². The first-order chi connectivity index (χ1) is 6.72. The van der Waals surface area contributed by atoms with E-state index in [2.05, 4.69) is 11.1 Å². The van der Waals surface area contributed by atoms with Crippen LogP contribution in [0.25, 0.3) is 10.9 Å². The summed E-state index contributed by atoms with van der Waals surface area (Å²) in [5.74, 6) is 0.108. The van der Waals surface area contributed by atoms with Crippen LogP contribution >= 0.6 is 11.6 Å². The molecule has 70 valence electrons. The lowest BCUT2D eigenvalue weighted by Gasteiger charge is -1.97. The molecule has 1 aromatic heterocycles. The zero-order valence-corrected chi connectivity index (χ0v) is 7.97. The fraction of sp³-hybridized carbons (Fsp3) is 0.100. The predicted octanol–water partition coefficient (Wildman–Crippen LogP) is 2.59. The Labute approximate surface area is 85.5 Å². The van der Waals surface area contributed by atoms with Gasteiger partial charge in [-0.2, -0.15) is 5.26 Å². The summed E-state index contributed by atoms with van der Waals surface area (Å²) < 4.78 is 0. The smallest absolute Gasteiger partial charge is 0.141 e. The van der Waals surface area contributed by atoms with Crippen molar-refractivity contribution >= 4 is 22.5 Å². The Hall–Kier alpha value is -1.66. The summed E-state index contributed by atoms with van der Waals surface area (Å²) >= 11 is 5.80. The van der Waals surface area contributed by atoms with E-state index >= 15 is 0 Å². The lowest BCUT2D eigenvalue weighted by molar-refractivity contribution is 0.480. The normalized spacial score (nSPS) is 10.3. The third-order valence-electron chi connectivity index (χ3n) is 2.09. The van der Waals surface area contributed by atoms with Crippen LogP contribution in [0.5, 0.6) is 5.75 Å². The average molecular weight is 207 g/mol. The molecule has 0 amide bonds. The van der Waals surface area contributed by atoms with E-state index in [1.807, 2.05) is 0 Å². The second kappa shape index (κ2) is 3.24. The molecular formula is C10H7ClN2O. The minimum atomic E-state index is 0.108. The van der Waals surface area contributed by atoms with Crippen LogP contribution in [0.1, 0.15) is 5.56 Å². The summed E-state index contributed by atoms with van der Waals surface area (Å²) in [6.07, 6.45) is 2.02. The molecule has 0 saturated carbocycles. The van der Waals surface area contributed by atoms with Crippen molar-refractivity contribution in [1.29, 1.82) is 5.26 Å². The van der Waals surface area contributed by atoms with Gasteiger partial charge in [0.1, 0.15) is 5.75 Å². The Kier molecular flexibility index (Phi) is 2.06. The molecule has 3 nitrogen and oxygen atoms in total. The Morgan fingerprint density at radius 1 is 1.50 bits per heavy atom. The van der Waals surface area contributed by atoms with Crippen LogP contribution in [0, 0.1) is 11.3 Å². The van der Waals surface area contributed by atoms with Gasteiger partial charge in [-0.25, -0.2) is 0 Å². The van der Waals surface area contributed by atoms with Gasteiger partial charge >= 0.3 is 0 Å². The Morgan fingerprint density at radius 2 is 2.29 bits per heavy atom. The first kappa shape index (κ1) is 8.92. The fourth-order valence-corrected chi connectivity index (χ4v) is 1.68. The highest BCUT2D eigenvalue weighted by atomic mass is 35.5. The number of aromatic hydroxyl groups is 1. The van der Waals surface area contributed by atoms with Crippen LogP contribution in [0.4, 0.5) is 0 Å². The number of nitrogens with one attached hydrogen (secondary N) is 1. The van der Waals surface area contributed by atoms with Gasteiger partial charge in [-0.05, 0) is 11.6 Å². The quantitative estimate of drug-likeness (QED) is 0.754. The van der Waals surface area contributed by atoms with E-state index in [-0.39, 0.29) is 5.75 Å². The lowest BCUT2D eigenvalue weighted by Crippen LogP contribution is -1.77. The highest BCUT2D eigenvalue weighted by Gasteiger charge is 2.07. The van der Waals surface area contributed by atoms with Gasteiger partial charge in [0.25, 0.3) is 0 Å². The molecule has 2 rings (SSSR count). The Morgan fingerprint density at radius 3 is 3.00 bits per heavy atom. The van der Waals surface area contributed by atoms with Crippen molar-refractivity contribution in [2.45, 2.75) is 6.42 Å². The summed E-state index contributed by atoms with van der Waals surface area (Å²) in [4.78, 5) is 2.91. The molecule has 2 aromatic rings. The average Bonchev–Trinajstić information content (AvgIpc) is 2.49. The van der Waals surface area contributed by atoms with Crippen molar-refractivity contribution in [2.24, 2.45) is 0 Å². The molecule has 4 heteroatoms. The number of phenolic OH excluding ortho intramolecular Hbond substituents is 1. The summed E-state index contributed by atoms with van der Waals surface area (Å²) in [5, 5.41) is 19.4. The molecule has 0 fully saturated rings. The molecule has 1 heterocycles. The van der Waals surface area contributed by atoms with E-state index < -0.39 is 0 Å². The molecule has 0 atom stereocenters. The summed E-state index contributed by atoms with van der Waals surface area (Å²) in [6, 6.07) is 5.26. The number of fused-ring (bicyclic) bond motifs is 1. The van der Waals surface area contributed by atoms with E-state index in [1.54, 1.807) is 12.3 Å². The van der Waals surface area contributed by atoms with Crippen molar-refractivity contribution in [3.63, 3.8) is 0 Å². The molecule has 0 aliphatic carbocycles. The van der Waals surface area contributed by atoms with E-state index in [0.29, 0.717) is 17.0 Å². The number of rotatable bonds is 1. The number of nitriles is 1. The van der Waals surface area contributed by atoms with Gasteiger partial charge in [-0.15, -0.1) is 0 Å². The number of nitrogens with zero attached hydrogens (tertiary/aromatic N) is 1. The molecule has 2 N–H and O–H groups in total. The minimum Gasteiger partial charge on any atom is -0.506 e. The predicted molar refractivity (Wildman–Crippen MR) is 54.3 cm³/mol. The van der Waals surface area contributed by atoms with Crippen LogP contribution in [0.15, 0.2) is 18.3 Å². The van der Waals surface area contributed by atoms with E-state index in [0.717, 1.165) is 10.9 Å². The molecule has 1 aromatic carbocycles. The number of hydrogen-bond acceptors (Lipinski definition) is 2. The van der Waals surface area contributed by atoms with Crippen molar-refractivity contribution in [2.75, 3.05) is 0 Å². The molecule has 0 unspecified atom stereocenters. The van der Waals surface area contributed by atoms with E-state index in [4.69, 9.17) is 16.9 Å². The van der Waals surface area contributed by atoms with Crippen LogP contribution in [0.2, 0.25) is 5.02 Å². The summed E-state index contributed by atoms with van der Waals surface area (Å²) in [6.45, 7) is 0. The first-order valence-corrected chi connectivity index (χ1v) is 4.45. The summed E-state index contributed by atoms with van der Waals surface area (Å²) in [7, 11) is 0. The van der Waals surface area contributed by atoms with Crippen molar-refractivity contribution < 1.29 is 5.11 Å². The zero-order valence-electron chi connectivity index (χ0n) is 7.21. The fourth-order valence-electron chi connectivity index (χ4n) is 1.47. The molecule has 0 saturated heterocycles. The largest absolute Gasteiger partial charge is 0.506 e. The van der Waals surface area contributed by atoms with Crippen molar-refractivity contribution in [1.82, 2.24) is 4.98 Å². The standard InChI is InChI=1S/C10H7ClN2O/c11-7-3-8-6(1-2-12)5-13-10(8)9(14)4-7/h3-5,13-14H,1H2. The Balaban J connectivity index is 2.73. The third kappa shape index (κ3) is 1.30. The maximum absolute atomic E-state index is 9.53. The first-order valence-electron chi connectivity index (χ1n) is 4.08. The van der Waals surface area contributed by atoms with Gasteiger partial charge in [0.2, 0.25) is 0 Å². The molecule has 0 bridgehead atoms. The van der Waals surface area contributed by atoms with Crippen molar-refractivity contribution in [3.8, 4) is 11.8 Å². The van der Waals surface area contributed by atoms with Crippen LogP contribution in [0.3, 0.4) is 0 Å². The number of phenols is 1. The molecule has 0 spiro atoms. The number of hydrogen-bond donors (Lipinski definition) is 2. The van der Waals surface area contributed by atoms with Crippen LogP contribution < -0.4 is 0 Å².